The minimum atomic E-state index is 0.274. The fourth-order valence-electron chi connectivity index (χ4n) is 3.77. The number of nitrogens with zero attached hydrogens (tertiary/aromatic N) is 2. The van der Waals surface area contributed by atoms with Crippen molar-refractivity contribution in [3.8, 4) is 5.75 Å². The fourth-order valence-corrected chi connectivity index (χ4v) is 3.77. The van der Waals surface area contributed by atoms with Crippen LogP contribution in [0.5, 0.6) is 5.75 Å². The second kappa shape index (κ2) is 9.56. The third kappa shape index (κ3) is 5.57. The van der Waals surface area contributed by atoms with Crippen LogP contribution in [-0.2, 0) is 17.8 Å². The molecule has 1 atom stereocenters. The van der Waals surface area contributed by atoms with Gasteiger partial charge in [-0.15, -0.1) is 0 Å². The highest BCUT2D eigenvalue weighted by molar-refractivity contribution is 5.76. The molecule has 2 aromatic rings. The predicted molar refractivity (Wildman–Crippen MR) is 109 cm³/mol. The third-order valence-electron chi connectivity index (χ3n) is 5.30. The molecule has 0 radical (unpaired) electrons. The Kier molecular flexibility index (Phi) is 6.88. The lowest BCUT2D eigenvalue weighted by molar-refractivity contribution is -0.135. The quantitative estimate of drug-likeness (QED) is 0.748. The molecule has 27 heavy (non-hydrogen) atoms. The number of piperazine rings is 1. The third-order valence-corrected chi connectivity index (χ3v) is 5.30. The first-order valence-electron chi connectivity index (χ1n) is 9.84. The molecule has 0 N–H and O–H groups in total. The maximum atomic E-state index is 12.7. The molecular formula is C23H30N2O2. The Hall–Kier alpha value is -2.33. The Bertz CT molecular complexity index is 715. The van der Waals surface area contributed by atoms with Gasteiger partial charge in [0.1, 0.15) is 5.75 Å². The molecule has 0 saturated carbocycles. The van der Waals surface area contributed by atoms with Gasteiger partial charge in [-0.1, -0.05) is 42.5 Å². The van der Waals surface area contributed by atoms with Crippen molar-refractivity contribution in [2.75, 3.05) is 26.7 Å². The van der Waals surface area contributed by atoms with Crippen molar-refractivity contribution in [3.05, 3.63) is 65.7 Å². The second-order valence-corrected chi connectivity index (χ2v) is 7.36. The molecule has 144 valence electrons. The molecule has 0 spiro atoms. The lowest BCUT2D eigenvalue weighted by Crippen LogP contribution is -2.53. The first-order chi connectivity index (χ1) is 13.2. The average Bonchev–Trinajstić information content (AvgIpc) is 2.69. The molecule has 1 aliphatic rings. The lowest BCUT2D eigenvalue weighted by atomic mass is 10.1. The molecule has 1 saturated heterocycles. The van der Waals surface area contributed by atoms with E-state index in [0.29, 0.717) is 6.42 Å². The van der Waals surface area contributed by atoms with Crippen LogP contribution in [0, 0.1) is 0 Å². The molecule has 3 rings (SSSR count). The molecule has 0 bridgehead atoms. The van der Waals surface area contributed by atoms with Crippen LogP contribution in [0.25, 0.3) is 0 Å². The highest BCUT2D eigenvalue weighted by Crippen LogP contribution is 2.16. The van der Waals surface area contributed by atoms with Gasteiger partial charge in [-0.25, -0.2) is 0 Å². The van der Waals surface area contributed by atoms with Gasteiger partial charge in [-0.05, 0) is 43.0 Å². The molecule has 0 aliphatic carbocycles. The molecule has 1 aliphatic heterocycles. The summed E-state index contributed by atoms with van der Waals surface area (Å²) in [5.74, 6) is 1.16. The molecule has 4 heteroatoms. The number of rotatable bonds is 7. The Labute approximate surface area is 162 Å². The van der Waals surface area contributed by atoms with Crippen LogP contribution in [0.1, 0.15) is 30.9 Å². The normalized spacial score (nSPS) is 17.7. The van der Waals surface area contributed by atoms with Crippen LogP contribution in [-0.4, -0.2) is 48.5 Å². The van der Waals surface area contributed by atoms with E-state index >= 15 is 0 Å². The summed E-state index contributed by atoms with van der Waals surface area (Å²) >= 11 is 0. The number of carbonyl (C=O) groups excluding carboxylic acids is 1. The number of amides is 1. The van der Waals surface area contributed by atoms with Gasteiger partial charge in [0.15, 0.2) is 0 Å². The van der Waals surface area contributed by atoms with Crippen LogP contribution in [0.3, 0.4) is 0 Å². The van der Waals surface area contributed by atoms with Crippen molar-refractivity contribution < 1.29 is 9.53 Å². The number of hydrogen-bond acceptors (Lipinski definition) is 3. The first-order valence-corrected chi connectivity index (χ1v) is 9.84. The van der Waals surface area contributed by atoms with E-state index in [1.54, 1.807) is 7.11 Å². The molecular weight excluding hydrogens is 336 g/mol. The summed E-state index contributed by atoms with van der Waals surface area (Å²) in [6.07, 6.45) is 2.44. The summed E-state index contributed by atoms with van der Waals surface area (Å²) < 4.78 is 5.18. The fraction of sp³-hybridized carbons (Fsp3) is 0.435. The zero-order valence-electron chi connectivity index (χ0n) is 16.4. The van der Waals surface area contributed by atoms with E-state index in [0.717, 1.165) is 44.8 Å². The van der Waals surface area contributed by atoms with E-state index in [2.05, 4.69) is 59.2 Å². The summed E-state index contributed by atoms with van der Waals surface area (Å²) in [4.78, 5) is 17.2. The van der Waals surface area contributed by atoms with E-state index in [9.17, 15) is 4.79 Å². The highest BCUT2D eigenvalue weighted by atomic mass is 16.5. The van der Waals surface area contributed by atoms with Gasteiger partial charge < -0.3 is 9.64 Å². The number of benzene rings is 2. The van der Waals surface area contributed by atoms with Crippen LogP contribution < -0.4 is 4.74 Å². The van der Waals surface area contributed by atoms with Gasteiger partial charge in [0.05, 0.1) is 7.11 Å². The highest BCUT2D eigenvalue weighted by Gasteiger charge is 2.26. The maximum absolute atomic E-state index is 12.7. The molecule has 1 fully saturated rings. The topological polar surface area (TPSA) is 32.8 Å². The van der Waals surface area contributed by atoms with Crippen molar-refractivity contribution in [2.24, 2.45) is 0 Å². The summed E-state index contributed by atoms with van der Waals surface area (Å²) in [7, 11) is 1.68. The zero-order valence-corrected chi connectivity index (χ0v) is 16.4. The Morgan fingerprint density at radius 2 is 1.78 bits per heavy atom. The summed E-state index contributed by atoms with van der Waals surface area (Å²) in [5, 5.41) is 0. The van der Waals surface area contributed by atoms with Crippen LogP contribution in [0.2, 0.25) is 0 Å². The first kappa shape index (κ1) is 19.4. The smallest absolute Gasteiger partial charge is 0.222 e. The van der Waals surface area contributed by atoms with Crippen molar-refractivity contribution in [1.82, 2.24) is 9.80 Å². The Morgan fingerprint density at radius 1 is 1.04 bits per heavy atom. The number of ether oxygens (including phenoxy) is 1. The molecule has 1 heterocycles. The second-order valence-electron chi connectivity index (χ2n) is 7.36. The predicted octanol–water partition coefficient (Wildman–Crippen LogP) is 3.75. The summed E-state index contributed by atoms with van der Waals surface area (Å²) in [5.41, 5.74) is 2.59. The summed E-state index contributed by atoms with van der Waals surface area (Å²) in [6.45, 7) is 5.85. The summed E-state index contributed by atoms with van der Waals surface area (Å²) in [6, 6.07) is 18.9. The maximum Gasteiger partial charge on any atom is 0.222 e. The molecule has 2 aromatic carbocycles. The largest absolute Gasteiger partial charge is 0.497 e. The van der Waals surface area contributed by atoms with Gasteiger partial charge in [0.25, 0.3) is 0 Å². The van der Waals surface area contributed by atoms with Gasteiger partial charge in [0, 0.05) is 38.6 Å². The minimum Gasteiger partial charge on any atom is -0.497 e. The average molecular weight is 367 g/mol. The number of hydrogen-bond donors (Lipinski definition) is 0. The van der Waals surface area contributed by atoms with E-state index in [-0.39, 0.29) is 11.9 Å². The van der Waals surface area contributed by atoms with E-state index in [1.165, 1.54) is 11.1 Å². The van der Waals surface area contributed by atoms with Crippen molar-refractivity contribution in [3.63, 3.8) is 0 Å². The number of methoxy groups -OCH3 is 1. The van der Waals surface area contributed by atoms with Gasteiger partial charge in [0.2, 0.25) is 5.91 Å². The monoisotopic (exact) mass is 366 g/mol. The van der Waals surface area contributed by atoms with E-state index in [4.69, 9.17) is 4.74 Å². The number of aryl methyl sites for hydroxylation is 1. The Balaban J connectivity index is 1.42. The molecule has 1 unspecified atom stereocenters. The lowest BCUT2D eigenvalue weighted by Gasteiger charge is -2.40. The van der Waals surface area contributed by atoms with E-state index in [1.807, 2.05) is 12.1 Å². The van der Waals surface area contributed by atoms with Crippen molar-refractivity contribution in [2.45, 2.75) is 38.8 Å². The van der Waals surface area contributed by atoms with E-state index < -0.39 is 0 Å². The van der Waals surface area contributed by atoms with Gasteiger partial charge >= 0.3 is 0 Å². The van der Waals surface area contributed by atoms with Crippen LogP contribution >= 0.6 is 0 Å². The van der Waals surface area contributed by atoms with Crippen molar-refractivity contribution >= 4 is 5.91 Å². The minimum absolute atomic E-state index is 0.274. The van der Waals surface area contributed by atoms with Crippen LogP contribution in [0.4, 0.5) is 0 Å². The van der Waals surface area contributed by atoms with Crippen LogP contribution in [0.15, 0.2) is 54.6 Å². The molecule has 4 nitrogen and oxygen atoms in total. The van der Waals surface area contributed by atoms with Gasteiger partial charge in [-0.2, -0.15) is 0 Å². The van der Waals surface area contributed by atoms with Gasteiger partial charge in [-0.3, -0.25) is 9.69 Å². The zero-order chi connectivity index (χ0) is 19.1. The number of carbonyl (C=O) groups is 1. The standard InChI is InChI=1S/C23H30N2O2/c1-19-17-24(18-21-7-4-3-5-8-21)15-16-25(19)23(26)10-6-9-20-11-13-22(27-2)14-12-20/h3-5,7-8,11-14,19H,6,9-10,15-18H2,1-2H3. The van der Waals surface area contributed by atoms with Crippen molar-refractivity contribution in [1.29, 1.82) is 0 Å². The SMILES string of the molecule is COc1ccc(CCCC(=O)N2CCN(Cc3ccccc3)CC2C)cc1. The molecule has 0 aromatic heterocycles. The molecule has 1 amide bonds. The Morgan fingerprint density at radius 3 is 2.44 bits per heavy atom.